The van der Waals surface area contributed by atoms with Crippen molar-refractivity contribution < 1.29 is 4.79 Å². The molecular formula is C22H30N4O. The number of rotatable bonds is 4. The first kappa shape index (κ1) is 19.2. The molecule has 1 aromatic carbocycles. The molecule has 0 unspecified atom stereocenters. The molecule has 2 N–H and O–H groups in total. The Balaban J connectivity index is 1.41. The highest BCUT2D eigenvalue weighted by atomic mass is 16.2. The number of amides is 2. The van der Waals surface area contributed by atoms with Crippen molar-refractivity contribution in [2.24, 2.45) is 5.92 Å². The topological polar surface area (TPSA) is 57.3 Å². The third kappa shape index (κ3) is 5.46. The van der Waals surface area contributed by atoms with Crippen LogP contribution >= 0.6 is 0 Å². The van der Waals surface area contributed by atoms with Crippen LogP contribution in [0.5, 0.6) is 0 Å². The van der Waals surface area contributed by atoms with Crippen LogP contribution in [0.3, 0.4) is 0 Å². The fourth-order valence-corrected chi connectivity index (χ4v) is 3.42. The van der Waals surface area contributed by atoms with E-state index in [9.17, 15) is 4.79 Å². The van der Waals surface area contributed by atoms with Crippen LogP contribution < -0.4 is 15.5 Å². The van der Waals surface area contributed by atoms with E-state index in [4.69, 9.17) is 0 Å². The van der Waals surface area contributed by atoms with Crippen LogP contribution in [0.2, 0.25) is 0 Å². The molecule has 0 radical (unpaired) electrons. The molecule has 1 aliphatic rings. The van der Waals surface area contributed by atoms with Gasteiger partial charge in [-0.15, -0.1) is 0 Å². The molecule has 144 valence electrons. The summed E-state index contributed by atoms with van der Waals surface area (Å²) in [6, 6.07) is 12.1. The minimum atomic E-state index is -0.130. The number of hydrogen-bond acceptors (Lipinski definition) is 3. The number of carbonyl (C=O) groups excluding carboxylic acids is 1. The molecule has 1 fully saturated rings. The molecule has 2 heterocycles. The summed E-state index contributed by atoms with van der Waals surface area (Å²) in [5, 5.41) is 5.95. The van der Waals surface area contributed by atoms with Gasteiger partial charge in [0, 0.05) is 43.4 Å². The minimum absolute atomic E-state index is 0.117. The zero-order valence-electron chi connectivity index (χ0n) is 16.5. The van der Waals surface area contributed by atoms with E-state index >= 15 is 0 Å². The maximum Gasteiger partial charge on any atom is 0.319 e. The van der Waals surface area contributed by atoms with E-state index in [-0.39, 0.29) is 11.4 Å². The van der Waals surface area contributed by atoms with E-state index in [0.717, 1.165) is 38.2 Å². The molecule has 0 atom stereocenters. The Morgan fingerprint density at radius 3 is 2.30 bits per heavy atom. The molecule has 0 aliphatic carbocycles. The zero-order chi connectivity index (χ0) is 19.3. The van der Waals surface area contributed by atoms with Crippen LogP contribution in [0.4, 0.5) is 16.2 Å². The molecule has 1 saturated heterocycles. The maximum atomic E-state index is 12.2. The quantitative estimate of drug-likeness (QED) is 0.842. The largest absolute Gasteiger partial charge is 0.371 e. The number of benzene rings is 1. The van der Waals surface area contributed by atoms with E-state index in [1.54, 1.807) is 0 Å². The summed E-state index contributed by atoms with van der Waals surface area (Å²) >= 11 is 0. The zero-order valence-corrected chi connectivity index (χ0v) is 16.5. The number of hydrogen-bond donors (Lipinski definition) is 2. The fourth-order valence-electron chi connectivity index (χ4n) is 3.42. The Hall–Kier alpha value is -2.56. The van der Waals surface area contributed by atoms with Crippen LogP contribution in [0, 0.1) is 5.92 Å². The molecule has 0 saturated carbocycles. The standard InChI is InChI=1S/C22H30N4O/c1-22(2,3)18-4-6-19(7-5-18)25-21(27)24-16-17-10-14-26(15-11-17)20-8-12-23-13-9-20/h4-9,12-13,17H,10-11,14-16H2,1-3H3,(H2,24,25,27). The summed E-state index contributed by atoms with van der Waals surface area (Å²) in [6.07, 6.45) is 5.84. The van der Waals surface area contributed by atoms with Gasteiger partial charge in [0.25, 0.3) is 0 Å². The molecule has 3 rings (SSSR count). The molecule has 27 heavy (non-hydrogen) atoms. The van der Waals surface area contributed by atoms with E-state index < -0.39 is 0 Å². The number of anilines is 2. The van der Waals surface area contributed by atoms with Gasteiger partial charge >= 0.3 is 6.03 Å². The average molecular weight is 367 g/mol. The Morgan fingerprint density at radius 1 is 1.07 bits per heavy atom. The highest BCUT2D eigenvalue weighted by Gasteiger charge is 2.20. The number of carbonyl (C=O) groups is 1. The van der Waals surface area contributed by atoms with E-state index in [1.807, 2.05) is 24.5 Å². The average Bonchev–Trinajstić information content (AvgIpc) is 2.67. The van der Waals surface area contributed by atoms with Gasteiger partial charge in [0.05, 0.1) is 0 Å². The van der Waals surface area contributed by atoms with Gasteiger partial charge in [-0.3, -0.25) is 4.98 Å². The maximum absolute atomic E-state index is 12.2. The van der Waals surface area contributed by atoms with Gasteiger partial charge in [-0.1, -0.05) is 32.9 Å². The summed E-state index contributed by atoms with van der Waals surface area (Å²) in [5.41, 5.74) is 3.43. The Kier molecular flexibility index (Phi) is 5.99. The monoisotopic (exact) mass is 366 g/mol. The van der Waals surface area contributed by atoms with Crippen LogP contribution in [-0.4, -0.2) is 30.6 Å². The van der Waals surface area contributed by atoms with Crippen LogP contribution in [-0.2, 0) is 5.41 Å². The molecule has 5 nitrogen and oxygen atoms in total. The molecule has 1 aliphatic heterocycles. The van der Waals surface area contributed by atoms with Crippen molar-refractivity contribution >= 4 is 17.4 Å². The lowest BCUT2D eigenvalue weighted by atomic mass is 9.87. The smallest absolute Gasteiger partial charge is 0.319 e. The summed E-state index contributed by atoms with van der Waals surface area (Å²) in [5.74, 6) is 0.525. The van der Waals surface area contributed by atoms with E-state index in [0.29, 0.717) is 5.92 Å². The van der Waals surface area contributed by atoms with Crippen LogP contribution in [0.15, 0.2) is 48.8 Å². The van der Waals surface area contributed by atoms with Gasteiger partial charge in [-0.25, -0.2) is 4.79 Å². The van der Waals surface area contributed by atoms with Gasteiger partial charge in [0.15, 0.2) is 0 Å². The lowest BCUT2D eigenvalue weighted by molar-refractivity contribution is 0.248. The summed E-state index contributed by atoms with van der Waals surface area (Å²) < 4.78 is 0. The Morgan fingerprint density at radius 2 is 1.70 bits per heavy atom. The van der Waals surface area contributed by atoms with Gasteiger partial charge < -0.3 is 15.5 Å². The number of urea groups is 1. The normalized spacial score (nSPS) is 15.4. The van der Waals surface area contributed by atoms with Crippen molar-refractivity contribution in [1.82, 2.24) is 10.3 Å². The molecule has 2 amide bonds. The van der Waals surface area contributed by atoms with Crippen molar-refractivity contribution in [3.05, 3.63) is 54.4 Å². The van der Waals surface area contributed by atoms with Gasteiger partial charge in [0.1, 0.15) is 0 Å². The van der Waals surface area contributed by atoms with Crippen LogP contribution in [0.1, 0.15) is 39.2 Å². The van der Waals surface area contributed by atoms with Crippen molar-refractivity contribution in [2.75, 3.05) is 29.9 Å². The predicted octanol–water partition coefficient (Wildman–Crippen LogP) is 4.42. The van der Waals surface area contributed by atoms with E-state index in [2.05, 4.69) is 65.6 Å². The van der Waals surface area contributed by atoms with Gasteiger partial charge in [0.2, 0.25) is 0 Å². The highest BCUT2D eigenvalue weighted by molar-refractivity contribution is 5.89. The molecule has 0 spiro atoms. The third-order valence-corrected chi connectivity index (χ3v) is 5.20. The lowest BCUT2D eigenvalue weighted by Gasteiger charge is -2.33. The number of aromatic nitrogens is 1. The highest BCUT2D eigenvalue weighted by Crippen LogP contribution is 2.24. The Labute approximate surface area is 162 Å². The predicted molar refractivity (Wildman–Crippen MR) is 111 cm³/mol. The summed E-state index contributed by atoms with van der Waals surface area (Å²) in [4.78, 5) is 18.6. The van der Waals surface area contributed by atoms with Gasteiger partial charge in [-0.05, 0) is 54.0 Å². The number of pyridine rings is 1. The number of nitrogens with one attached hydrogen (secondary N) is 2. The second-order valence-corrected chi connectivity index (χ2v) is 8.30. The first-order valence-corrected chi connectivity index (χ1v) is 9.72. The van der Waals surface area contributed by atoms with Crippen molar-refractivity contribution in [3.63, 3.8) is 0 Å². The van der Waals surface area contributed by atoms with E-state index in [1.165, 1.54) is 11.3 Å². The molecule has 2 aromatic rings. The lowest BCUT2D eigenvalue weighted by Crippen LogP contribution is -2.39. The third-order valence-electron chi connectivity index (χ3n) is 5.20. The number of nitrogens with zero attached hydrogens (tertiary/aromatic N) is 2. The molecule has 1 aromatic heterocycles. The summed E-state index contributed by atoms with van der Waals surface area (Å²) in [7, 11) is 0. The molecule has 5 heteroatoms. The first-order chi connectivity index (χ1) is 12.9. The minimum Gasteiger partial charge on any atom is -0.371 e. The van der Waals surface area contributed by atoms with Crippen molar-refractivity contribution in [2.45, 2.75) is 39.0 Å². The SMILES string of the molecule is CC(C)(C)c1ccc(NC(=O)NCC2CCN(c3ccncc3)CC2)cc1. The second kappa shape index (κ2) is 8.42. The van der Waals surface area contributed by atoms with Crippen molar-refractivity contribution in [3.8, 4) is 0 Å². The second-order valence-electron chi connectivity index (χ2n) is 8.30. The summed E-state index contributed by atoms with van der Waals surface area (Å²) in [6.45, 7) is 9.31. The Bertz CT molecular complexity index is 729. The molecular weight excluding hydrogens is 336 g/mol. The fraction of sp³-hybridized carbons (Fsp3) is 0.455. The van der Waals surface area contributed by atoms with Gasteiger partial charge in [-0.2, -0.15) is 0 Å². The van der Waals surface area contributed by atoms with Crippen LogP contribution in [0.25, 0.3) is 0 Å². The first-order valence-electron chi connectivity index (χ1n) is 9.72. The molecule has 0 bridgehead atoms. The van der Waals surface area contributed by atoms with Crippen molar-refractivity contribution in [1.29, 1.82) is 0 Å². The number of piperidine rings is 1.